The summed E-state index contributed by atoms with van der Waals surface area (Å²) in [6, 6.07) is 10.1. The molecule has 3 aliphatic rings. The number of hydrogen-bond donors (Lipinski definition) is 3. The van der Waals surface area contributed by atoms with Crippen LogP contribution in [0.5, 0.6) is 0 Å². The molecule has 2 aromatic heterocycles. The molecule has 1 aromatic carbocycles. The number of aromatic nitrogens is 3. The number of imide groups is 1. The van der Waals surface area contributed by atoms with Gasteiger partial charge in [0.2, 0.25) is 0 Å². The SMILES string of the molecule is CN1C(=O)N/C(=C\c2cnn3c(NC4CC4)cc(Nc4ccc(N5CCOCC5)cc4)nc23)C1=O. The van der Waals surface area contributed by atoms with E-state index in [-0.39, 0.29) is 11.6 Å². The van der Waals surface area contributed by atoms with Gasteiger partial charge in [-0.15, -0.1) is 0 Å². The first-order chi connectivity index (χ1) is 17.0. The second-order valence-corrected chi connectivity index (χ2v) is 8.90. The highest BCUT2D eigenvalue weighted by molar-refractivity contribution is 6.14. The van der Waals surface area contributed by atoms with E-state index in [4.69, 9.17) is 9.72 Å². The normalized spacial score (nSPS) is 19.5. The topological polar surface area (TPSA) is 116 Å². The Labute approximate surface area is 201 Å². The number of urea groups is 1. The van der Waals surface area contributed by atoms with Crippen LogP contribution < -0.4 is 20.9 Å². The fourth-order valence-electron chi connectivity index (χ4n) is 4.19. The molecule has 35 heavy (non-hydrogen) atoms. The lowest BCUT2D eigenvalue weighted by Crippen LogP contribution is -2.36. The number of nitrogens with zero attached hydrogens (tertiary/aromatic N) is 5. The highest BCUT2D eigenvalue weighted by Gasteiger charge is 2.30. The Kier molecular flexibility index (Phi) is 5.25. The quantitative estimate of drug-likeness (QED) is 0.369. The first-order valence-corrected chi connectivity index (χ1v) is 11.7. The highest BCUT2D eigenvalue weighted by Crippen LogP contribution is 2.29. The summed E-state index contributed by atoms with van der Waals surface area (Å²) >= 11 is 0. The summed E-state index contributed by atoms with van der Waals surface area (Å²) in [6.45, 7) is 3.27. The molecule has 3 aromatic rings. The van der Waals surface area contributed by atoms with Crippen LogP contribution in [-0.2, 0) is 9.53 Å². The molecule has 180 valence electrons. The second kappa shape index (κ2) is 8.58. The van der Waals surface area contributed by atoms with E-state index in [0.717, 1.165) is 61.2 Å². The minimum absolute atomic E-state index is 0.197. The molecule has 3 N–H and O–H groups in total. The van der Waals surface area contributed by atoms with E-state index < -0.39 is 6.03 Å². The van der Waals surface area contributed by atoms with Crippen molar-refractivity contribution in [3.05, 3.63) is 47.8 Å². The van der Waals surface area contributed by atoms with Crippen LogP contribution in [0.2, 0.25) is 0 Å². The zero-order valence-corrected chi connectivity index (χ0v) is 19.3. The van der Waals surface area contributed by atoms with Crippen LogP contribution >= 0.6 is 0 Å². The summed E-state index contributed by atoms with van der Waals surface area (Å²) in [5.74, 6) is 1.08. The van der Waals surface area contributed by atoms with Gasteiger partial charge in [0.15, 0.2) is 5.65 Å². The summed E-state index contributed by atoms with van der Waals surface area (Å²) in [4.78, 5) is 32.3. The summed E-state index contributed by atoms with van der Waals surface area (Å²) in [5, 5.41) is 14.0. The smallest absolute Gasteiger partial charge is 0.328 e. The third-order valence-corrected chi connectivity index (χ3v) is 6.33. The summed E-state index contributed by atoms with van der Waals surface area (Å²) in [7, 11) is 1.44. The van der Waals surface area contributed by atoms with E-state index >= 15 is 0 Å². The Balaban J connectivity index is 1.31. The van der Waals surface area contributed by atoms with Crippen LogP contribution in [0.4, 0.5) is 27.8 Å². The molecular weight excluding hydrogens is 448 g/mol. The molecule has 0 bridgehead atoms. The van der Waals surface area contributed by atoms with Crippen molar-refractivity contribution in [1.82, 2.24) is 24.8 Å². The Hall–Kier alpha value is -4.12. The number of fused-ring (bicyclic) bond motifs is 1. The summed E-state index contributed by atoms with van der Waals surface area (Å²) < 4.78 is 7.17. The predicted molar refractivity (Wildman–Crippen MR) is 132 cm³/mol. The molecule has 0 spiro atoms. The van der Waals surface area contributed by atoms with Gasteiger partial charge in [-0.3, -0.25) is 9.69 Å². The third-order valence-electron chi connectivity index (χ3n) is 6.33. The van der Waals surface area contributed by atoms with Crippen molar-refractivity contribution in [1.29, 1.82) is 0 Å². The van der Waals surface area contributed by atoms with Gasteiger partial charge in [-0.25, -0.2) is 9.78 Å². The highest BCUT2D eigenvalue weighted by atomic mass is 16.5. The molecule has 6 rings (SSSR count). The van der Waals surface area contributed by atoms with Crippen LogP contribution in [-0.4, -0.2) is 70.8 Å². The van der Waals surface area contributed by atoms with E-state index in [1.54, 1.807) is 16.8 Å². The monoisotopic (exact) mass is 474 g/mol. The zero-order chi connectivity index (χ0) is 23.9. The number of likely N-dealkylation sites (N-methyl/N-ethyl adjacent to an activating group) is 1. The van der Waals surface area contributed by atoms with Gasteiger partial charge in [0, 0.05) is 49.2 Å². The molecule has 0 unspecified atom stereocenters. The van der Waals surface area contributed by atoms with Gasteiger partial charge in [0.1, 0.15) is 17.3 Å². The Morgan fingerprint density at radius 3 is 2.60 bits per heavy atom. The van der Waals surface area contributed by atoms with E-state index in [0.29, 0.717) is 23.1 Å². The Morgan fingerprint density at radius 1 is 1.14 bits per heavy atom. The number of ether oxygens (including phenoxy) is 1. The van der Waals surface area contributed by atoms with Crippen molar-refractivity contribution in [2.24, 2.45) is 0 Å². The maximum Gasteiger partial charge on any atom is 0.328 e. The van der Waals surface area contributed by atoms with E-state index in [1.165, 1.54) is 7.05 Å². The molecule has 2 saturated heterocycles. The third kappa shape index (κ3) is 4.26. The number of hydrogen-bond acceptors (Lipinski definition) is 8. The first-order valence-electron chi connectivity index (χ1n) is 11.7. The average molecular weight is 475 g/mol. The van der Waals surface area contributed by atoms with Gasteiger partial charge in [-0.2, -0.15) is 9.61 Å². The van der Waals surface area contributed by atoms with Crippen LogP contribution in [0, 0.1) is 0 Å². The number of morpholine rings is 1. The average Bonchev–Trinajstić information content (AvgIpc) is 3.56. The number of carbonyl (C=O) groups is 2. The molecule has 4 heterocycles. The largest absolute Gasteiger partial charge is 0.378 e. The fourth-order valence-corrected chi connectivity index (χ4v) is 4.19. The van der Waals surface area contributed by atoms with Crippen molar-refractivity contribution in [3.63, 3.8) is 0 Å². The number of benzene rings is 1. The fraction of sp³-hybridized carbons (Fsp3) is 0.333. The molecule has 3 fully saturated rings. The second-order valence-electron chi connectivity index (χ2n) is 8.90. The number of rotatable bonds is 6. The van der Waals surface area contributed by atoms with Gasteiger partial charge in [-0.1, -0.05) is 0 Å². The minimum atomic E-state index is -0.454. The number of carbonyl (C=O) groups excluding carboxylic acids is 2. The molecule has 0 radical (unpaired) electrons. The number of anilines is 4. The zero-order valence-electron chi connectivity index (χ0n) is 19.3. The number of amides is 3. The number of nitrogens with one attached hydrogen (secondary N) is 3. The predicted octanol–water partition coefficient (Wildman–Crippen LogP) is 2.41. The summed E-state index contributed by atoms with van der Waals surface area (Å²) in [5.41, 5.74) is 3.48. The van der Waals surface area contributed by atoms with E-state index in [2.05, 4.69) is 38.1 Å². The van der Waals surface area contributed by atoms with Gasteiger partial charge in [0.05, 0.1) is 19.4 Å². The standard InChI is InChI=1S/C24H26N8O3/c1-30-23(33)19(28-24(30)34)12-15-14-25-32-21(27-17-2-3-17)13-20(29-22(15)32)26-16-4-6-18(7-5-16)31-8-10-35-11-9-31/h4-7,12-14,17,27H,2-3,8-11H2,1H3,(H,26,29)(H,28,34)/b19-12-. The van der Waals surface area contributed by atoms with Gasteiger partial charge < -0.3 is 25.6 Å². The van der Waals surface area contributed by atoms with E-state index in [1.807, 2.05) is 18.2 Å². The molecular formula is C24H26N8O3. The van der Waals surface area contributed by atoms with Gasteiger partial charge in [-0.05, 0) is 43.2 Å². The molecule has 11 nitrogen and oxygen atoms in total. The lowest BCUT2D eigenvalue weighted by Gasteiger charge is -2.28. The van der Waals surface area contributed by atoms with E-state index in [9.17, 15) is 9.59 Å². The van der Waals surface area contributed by atoms with Crippen molar-refractivity contribution in [3.8, 4) is 0 Å². The van der Waals surface area contributed by atoms with Crippen LogP contribution in [0.3, 0.4) is 0 Å². The molecule has 2 aliphatic heterocycles. The van der Waals surface area contributed by atoms with Crippen molar-refractivity contribution < 1.29 is 14.3 Å². The Morgan fingerprint density at radius 2 is 1.91 bits per heavy atom. The molecule has 3 amide bonds. The lowest BCUT2D eigenvalue weighted by atomic mass is 10.2. The summed E-state index contributed by atoms with van der Waals surface area (Å²) in [6.07, 6.45) is 5.48. The van der Waals surface area contributed by atoms with Crippen LogP contribution in [0.15, 0.2) is 42.2 Å². The lowest BCUT2D eigenvalue weighted by molar-refractivity contribution is -0.121. The maximum absolute atomic E-state index is 12.3. The molecule has 1 saturated carbocycles. The molecule has 1 aliphatic carbocycles. The Bertz CT molecular complexity index is 1320. The van der Waals surface area contributed by atoms with Gasteiger partial charge >= 0.3 is 6.03 Å². The molecule has 0 atom stereocenters. The van der Waals surface area contributed by atoms with Gasteiger partial charge in [0.25, 0.3) is 5.91 Å². The van der Waals surface area contributed by atoms with Crippen molar-refractivity contribution >= 4 is 46.7 Å². The maximum atomic E-state index is 12.3. The van der Waals surface area contributed by atoms with Crippen LogP contribution in [0.1, 0.15) is 18.4 Å². The first kappa shape index (κ1) is 21.4. The van der Waals surface area contributed by atoms with Crippen LogP contribution in [0.25, 0.3) is 11.7 Å². The minimum Gasteiger partial charge on any atom is -0.378 e. The van der Waals surface area contributed by atoms with Crippen molar-refractivity contribution in [2.45, 2.75) is 18.9 Å². The molecule has 11 heteroatoms. The van der Waals surface area contributed by atoms with Crippen molar-refractivity contribution in [2.75, 3.05) is 48.9 Å².